The first-order valence-corrected chi connectivity index (χ1v) is 5.07. The standard InChI is InChI=1S/C11H8N2O6/c1-19-9-3-7-5(2-6(9)11(15)16)10(14)8(4-12-7)13(17)18/h2-4H,1H3,(H,12,14)(H,15,16). The van der Waals surface area contributed by atoms with Gasteiger partial charge in [-0.1, -0.05) is 0 Å². The van der Waals surface area contributed by atoms with Crippen LogP contribution in [0.5, 0.6) is 5.75 Å². The van der Waals surface area contributed by atoms with Gasteiger partial charge in [0.15, 0.2) is 0 Å². The summed E-state index contributed by atoms with van der Waals surface area (Å²) in [6.45, 7) is 0. The lowest BCUT2D eigenvalue weighted by molar-refractivity contribution is -0.386. The van der Waals surface area contributed by atoms with Crippen LogP contribution < -0.4 is 10.2 Å². The number of rotatable bonds is 3. The maximum Gasteiger partial charge on any atom is 0.339 e. The van der Waals surface area contributed by atoms with Crippen LogP contribution in [0.3, 0.4) is 0 Å². The Morgan fingerprint density at radius 2 is 2.16 bits per heavy atom. The van der Waals surface area contributed by atoms with Crippen molar-refractivity contribution in [1.82, 2.24) is 4.98 Å². The maximum atomic E-state index is 11.8. The normalized spacial score (nSPS) is 10.4. The van der Waals surface area contributed by atoms with Crippen LogP contribution >= 0.6 is 0 Å². The highest BCUT2D eigenvalue weighted by Gasteiger charge is 2.19. The molecule has 1 heterocycles. The van der Waals surface area contributed by atoms with Crippen LogP contribution in [-0.4, -0.2) is 28.1 Å². The summed E-state index contributed by atoms with van der Waals surface area (Å²) >= 11 is 0. The van der Waals surface area contributed by atoms with E-state index in [9.17, 15) is 19.7 Å². The lowest BCUT2D eigenvalue weighted by Crippen LogP contribution is -2.11. The first-order valence-electron chi connectivity index (χ1n) is 5.07. The van der Waals surface area contributed by atoms with Gasteiger partial charge in [0.1, 0.15) is 11.3 Å². The number of nitro groups is 1. The third-order valence-corrected chi connectivity index (χ3v) is 2.61. The molecule has 0 unspecified atom stereocenters. The number of hydrogen-bond donors (Lipinski definition) is 2. The minimum absolute atomic E-state index is 0.0597. The van der Waals surface area contributed by atoms with Gasteiger partial charge in [0.05, 0.1) is 29.1 Å². The van der Waals surface area contributed by atoms with Gasteiger partial charge >= 0.3 is 11.7 Å². The van der Waals surface area contributed by atoms with Crippen molar-refractivity contribution >= 4 is 22.6 Å². The Labute approximate surface area is 105 Å². The molecule has 1 aromatic heterocycles. The molecule has 0 saturated heterocycles. The SMILES string of the molecule is COc1cc2[nH]cc([N+](=O)[O-])c(=O)c2cc1C(=O)O. The smallest absolute Gasteiger partial charge is 0.339 e. The summed E-state index contributed by atoms with van der Waals surface area (Å²) in [5, 5.41) is 19.6. The van der Waals surface area contributed by atoms with Crippen molar-refractivity contribution in [3.8, 4) is 5.75 Å². The zero-order valence-electron chi connectivity index (χ0n) is 9.67. The van der Waals surface area contributed by atoms with E-state index < -0.39 is 22.0 Å². The average Bonchev–Trinajstić information content (AvgIpc) is 2.37. The first kappa shape index (κ1) is 12.6. The number of carboxylic acid groups (broad SMARTS) is 1. The molecular formula is C11H8N2O6. The second kappa shape index (κ2) is 4.41. The van der Waals surface area contributed by atoms with Gasteiger partial charge in [-0.15, -0.1) is 0 Å². The zero-order chi connectivity index (χ0) is 14.2. The topological polar surface area (TPSA) is 123 Å². The molecule has 2 aromatic rings. The summed E-state index contributed by atoms with van der Waals surface area (Å²) in [5.74, 6) is -1.23. The molecule has 0 radical (unpaired) electrons. The highest BCUT2D eigenvalue weighted by atomic mass is 16.6. The number of benzene rings is 1. The summed E-state index contributed by atoms with van der Waals surface area (Å²) in [6.07, 6.45) is 0.963. The Bertz CT molecular complexity index is 749. The quantitative estimate of drug-likeness (QED) is 0.633. The number of aromatic nitrogens is 1. The van der Waals surface area contributed by atoms with E-state index in [0.717, 1.165) is 12.3 Å². The van der Waals surface area contributed by atoms with Crippen molar-refractivity contribution in [2.24, 2.45) is 0 Å². The van der Waals surface area contributed by atoms with Crippen molar-refractivity contribution < 1.29 is 19.6 Å². The molecule has 98 valence electrons. The molecule has 0 aliphatic heterocycles. The van der Waals surface area contributed by atoms with E-state index in [2.05, 4.69) is 4.98 Å². The fraction of sp³-hybridized carbons (Fsp3) is 0.0909. The van der Waals surface area contributed by atoms with Gasteiger partial charge in [0.2, 0.25) is 0 Å². The Hall–Kier alpha value is -2.90. The Kier molecular flexibility index (Phi) is 2.91. The highest BCUT2D eigenvalue weighted by molar-refractivity contribution is 5.97. The lowest BCUT2D eigenvalue weighted by atomic mass is 10.1. The molecule has 0 bridgehead atoms. The molecule has 0 aliphatic carbocycles. The minimum atomic E-state index is -1.29. The molecule has 0 amide bonds. The van der Waals surface area contributed by atoms with Crippen LogP contribution in [0.25, 0.3) is 10.9 Å². The van der Waals surface area contributed by atoms with E-state index in [4.69, 9.17) is 9.84 Å². The first-order chi connectivity index (χ1) is 8.95. The van der Waals surface area contributed by atoms with Gasteiger partial charge in [0.25, 0.3) is 5.43 Å². The summed E-state index contributed by atoms with van der Waals surface area (Å²) in [7, 11) is 1.29. The van der Waals surface area contributed by atoms with E-state index in [1.165, 1.54) is 13.2 Å². The monoisotopic (exact) mass is 264 g/mol. The molecular weight excluding hydrogens is 256 g/mol. The molecule has 2 N–H and O–H groups in total. The molecule has 2 rings (SSSR count). The summed E-state index contributed by atoms with van der Waals surface area (Å²) in [4.78, 5) is 35.3. The van der Waals surface area contributed by atoms with Gasteiger partial charge < -0.3 is 14.8 Å². The van der Waals surface area contributed by atoms with Crippen molar-refractivity contribution in [1.29, 1.82) is 0 Å². The largest absolute Gasteiger partial charge is 0.496 e. The van der Waals surface area contributed by atoms with E-state index in [0.29, 0.717) is 0 Å². The minimum Gasteiger partial charge on any atom is -0.496 e. The van der Waals surface area contributed by atoms with E-state index in [-0.39, 0.29) is 22.2 Å². The molecule has 0 fully saturated rings. The molecule has 1 aromatic carbocycles. The van der Waals surface area contributed by atoms with Gasteiger partial charge in [-0.2, -0.15) is 0 Å². The molecule has 0 atom stereocenters. The van der Waals surface area contributed by atoms with Crippen LogP contribution in [0.1, 0.15) is 10.4 Å². The number of aromatic amines is 1. The van der Waals surface area contributed by atoms with E-state index >= 15 is 0 Å². The number of H-pyrrole nitrogens is 1. The van der Waals surface area contributed by atoms with E-state index in [1.54, 1.807) is 0 Å². The summed E-state index contributed by atoms with van der Waals surface area (Å²) in [5.41, 5.74) is -1.46. The summed E-state index contributed by atoms with van der Waals surface area (Å²) < 4.78 is 4.90. The predicted octanol–water partition coefficient (Wildman–Crippen LogP) is 1.14. The number of carboxylic acids is 1. The van der Waals surface area contributed by atoms with Crippen LogP contribution in [-0.2, 0) is 0 Å². The predicted molar refractivity (Wildman–Crippen MR) is 64.7 cm³/mol. The second-order valence-electron chi connectivity index (χ2n) is 3.66. The number of nitrogens with one attached hydrogen (secondary N) is 1. The third-order valence-electron chi connectivity index (χ3n) is 2.61. The highest BCUT2D eigenvalue weighted by Crippen LogP contribution is 2.24. The van der Waals surface area contributed by atoms with Crippen LogP contribution in [0.2, 0.25) is 0 Å². The maximum absolute atomic E-state index is 11.8. The van der Waals surface area contributed by atoms with Crippen molar-refractivity contribution in [2.75, 3.05) is 7.11 Å². The average molecular weight is 264 g/mol. The number of carbonyl (C=O) groups is 1. The number of methoxy groups -OCH3 is 1. The molecule has 19 heavy (non-hydrogen) atoms. The van der Waals surface area contributed by atoms with Gasteiger partial charge in [-0.25, -0.2) is 4.79 Å². The molecule has 0 spiro atoms. The lowest BCUT2D eigenvalue weighted by Gasteiger charge is -2.06. The van der Waals surface area contributed by atoms with Gasteiger partial charge in [0, 0.05) is 6.07 Å². The number of fused-ring (bicyclic) bond motifs is 1. The van der Waals surface area contributed by atoms with Crippen molar-refractivity contribution in [2.45, 2.75) is 0 Å². The zero-order valence-corrected chi connectivity index (χ0v) is 9.67. The summed E-state index contributed by atoms with van der Waals surface area (Å²) in [6, 6.07) is 2.37. The Morgan fingerprint density at radius 1 is 1.47 bits per heavy atom. The molecule has 0 saturated carbocycles. The van der Waals surface area contributed by atoms with Gasteiger partial charge in [-0.3, -0.25) is 14.9 Å². The Balaban J connectivity index is 2.87. The number of aromatic carboxylic acids is 1. The molecule has 8 heteroatoms. The van der Waals surface area contributed by atoms with Crippen molar-refractivity contribution in [3.63, 3.8) is 0 Å². The molecule has 8 nitrogen and oxygen atoms in total. The van der Waals surface area contributed by atoms with Crippen LogP contribution in [0.4, 0.5) is 5.69 Å². The van der Waals surface area contributed by atoms with E-state index in [1.807, 2.05) is 0 Å². The number of hydrogen-bond acceptors (Lipinski definition) is 5. The fourth-order valence-corrected chi connectivity index (χ4v) is 1.71. The third kappa shape index (κ3) is 1.99. The van der Waals surface area contributed by atoms with Gasteiger partial charge in [-0.05, 0) is 6.07 Å². The fourth-order valence-electron chi connectivity index (χ4n) is 1.71. The number of nitrogens with zero attached hydrogens (tertiary/aromatic N) is 1. The number of ether oxygens (including phenoxy) is 1. The number of pyridine rings is 1. The van der Waals surface area contributed by atoms with Crippen LogP contribution in [0, 0.1) is 10.1 Å². The molecule has 0 aliphatic rings. The second-order valence-corrected chi connectivity index (χ2v) is 3.66. The van der Waals surface area contributed by atoms with Crippen LogP contribution in [0.15, 0.2) is 23.1 Å². The Morgan fingerprint density at radius 3 is 2.68 bits per heavy atom. The van der Waals surface area contributed by atoms with Crippen molar-refractivity contribution in [3.05, 3.63) is 44.2 Å².